The van der Waals surface area contributed by atoms with Crippen LogP contribution in [0.5, 0.6) is 0 Å². The third kappa shape index (κ3) is 7.80. The number of rotatable bonds is 8. The number of nitrogens with zero attached hydrogens (tertiary/aromatic N) is 1. The molecule has 0 aromatic rings. The fraction of sp³-hybridized carbons (Fsp3) is 0.846. The van der Waals surface area contributed by atoms with Crippen LogP contribution in [0.2, 0.25) is 19.1 Å². The predicted molar refractivity (Wildman–Crippen MR) is 74.1 cm³/mol. The summed E-state index contributed by atoms with van der Waals surface area (Å²) in [6.07, 6.45) is 8.47. The Bertz CT molecular complexity index is 169. The van der Waals surface area contributed by atoms with E-state index in [1.165, 1.54) is 38.1 Å². The van der Waals surface area contributed by atoms with Gasteiger partial charge < -0.3 is 4.90 Å². The Morgan fingerprint density at radius 1 is 1.07 bits per heavy atom. The molecule has 90 valence electrons. The molecular formula is C13H29NSi. The molecule has 0 aromatic carbocycles. The van der Waals surface area contributed by atoms with Crippen molar-refractivity contribution in [3.63, 3.8) is 0 Å². The molecule has 0 saturated carbocycles. The summed E-state index contributed by atoms with van der Waals surface area (Å²) in [5.74, 6) is 0. The molecule has 0 spiro atoms. The lowest BCUT2D eigenvalue weighted by atomic mass is 10.4. The highest BCUT2D eigenvalue weighted by Crippen LogP contribution is 2.12. The zero-order valence-corrected chi connectivity index (χ0v) is 12.3. The molecule has 0 heterocycles. The van der Waals surface area contributed by atoms with E-state index >= 15 is 0 Å². The van der Waals surface area contributed by atoms with Gasteiger partial charge in [-0.3, -0.25) is 0 Å². The Morgan fingerprint density at radius 2 is 1.60 bits per heavy atom. The van der Waals surface area contributed by atoms with Gasteiger partial charge in [-0.05, 0) is 45.1 Å². The molecule has 0 saturated heterocycles. The molecule has 0 fully saturated rings. The van der Waals surface area contributed by atoms with Gasteiger partial charge >= 0.3 is 0 Å². The standard InChI is InChI=1S/C13H29NSi/c1-6-9-12-15(4,5)13-14(10-7-2)11-8-3/h6,9H,7-8,10-13H2,1-5H3. The number of hydrogen-bond acceptors (Lipinski definition) is 1. The molecule has 0 bridgehead atoms. The van der Waals surface area contributed by atoms with Crippen molar-refractivity contribution >= 4 is 8.07 Å². The van der Waals surface area contributed by atoms with Gasteiger partial charge in [0.15, 0.2) is 0 Å². The van der Waals surface area contributed by atoms with E-state index in [0.717, 1.165) is 0 Å². The molecule has 0 atom stereocenters. The fourth-order valence-electron chi connectivity index (χ4n) is 2.01. The van der Waals surface area contributed by atoms with Gasteiger partial charge in [-0.2, -0.15) is 0 Å². The zero-order valence-electron chi connectivity index (χ0n) is 11.3. The third-order valence-corrected chi connectivity index (χ3v) is 5.28. The molecule has 0 unspecified atom stereocenters. The SMILES string of the molecule is CC=CC[Si](C)(C)CN(CCC)CCC. The van der Waals surface area contributed by atoms with Crippen molar-refractivity contribution in [2.45, 2.75) is 52.8 Å². The second-order valence-electron chi connectivity index (χ2n) is 5.21. The van der Waals surface area contributed by atoms with E-state index in [9.17, 15) is 0 Å². The quantitative estimate of drug-likeness (QED) is 0.448. The molecular weight excluding hydrogens is 198 g/mol. The Hall–Kier alpha value is -0.0831. The summed E-state index contributed by atoms with van der Waals surface area (Å²) in [4.78, 5) is 2.66. The second kappa shape index (κ2) is 8.11. The second-order valence-corrected chi connectivity index (χ2v) is 10.3. The van der Waals surface area contributed by atoms with Crippen molar-refractivity contribution in [2.24, 2.45) is 0 Å². The lowest BCUT2D eigenvalue weighted by Crippen LogP contribution is -2.42. The van der Waals surface area contributed by atoms with Crippen LogP contribution in [-0.4, -0.2) is 32.2 Å². The first-order valence-corrected chi connectivity index (χ1v) is 9.80. The Morgan fingerprint density at radius 3 is 2.00 bits per heavy atom. The van der Waals surface area contributed by atoms with E-state index in [0.29, 0.717) is 0 Å². The largest absolute Gasteiger partial charge is 0.306 e. The maximum Gasteiger partial charge on any atom is 0.0666 e. The minimum Gasteiger partial charge on any atom is -0.306 e. The van der Waals surface area contributed by atoms with E-state index in [4.69, 9.17) is 0 Å². The van der Waals surface area contributed by atoms with E-state index in [1.807, 2.05) is 0 Å². The molecule has 15 heavy (non-hydrogen) atoms. The zero-order chi connectivity index (χ0) is 11.7. The topological polar surface area (TPSA) is 3.24 Å². The molecule has 0 aliphatic carbocycles. The maximum absolute atomic E-state index is 2.66. The average molecular weight is 227 g/mol. The first-order valence-electron chi connectivity index (χ1n) is 6.39. The van der Waals surface area contributed by atoms with Crippen molar-refractivity contribution in [3.05, 3.63) is 12.2 Å². The van der Waals surface area contributed by atoms with Crippen LogP contribution in [0, 0.1) is 0 Å². The lowest BCUT2D eigenvalue weighted by Gasteiger charge is -2.30. The van der Waals surface area contributed by atoms with E-state index in [1.54, 1.807) is 0 Å². The monoisotopic (exact) mass is 227 g/mol. The minimum absolute atomic E-state index is 1.02. The van der Waals surface area contributed by atoms with Gasteiger partial charge in [0.05, 0.1) is 8.07 Å². The van der Waals surface area contributed by atoms with E-state index in [2.05, 4.69) is 50.9 Å². The van der Waals surface area contributed by atoms with Gasteiger partial charge in [0.1, 0.15) is 0 Å². The minimum atomic E-state index is -1.02. The van der Waals surface area contributed by atoms with Crippen LogP contribution in [0.25, 0.3) is 0 Å². The van der Waals surface area contributed by atoms with Crippen molar-refractivity contribution in [2.75, 3.05) is 19.3 Å². The summed E-state index contributed by atoms with van der Waals surface area (Å²) in [5.41, 5.74) is 0. The molecule has 0 aliphatic rings. The van der Waals surface area contributed by atoms with Crippen molar-refractivity contribution in [1.29, 1.82) is 0 Å². The molecule has 1 nitrogen and oxygen atoms in total. The average Bonchev–Trinajstić information content (AvgIpc) is 2.15. The summed E-state index contributed by atoms with van der Waals surface area (Å²) in [6, 6.07) is 1.33. The first kappa shape index (κ1) is 14.9. The van der Waals surface area contributed by atoms with Crippen molar-refractivity contribution in [1.82, 2.24) is 4.90 Å². The van der Waals surface area contributed by atoms with Gasteiger partial charge in [0, 0.05) is 0 Å². The summed E-state index contributed by atoms with van der Waals surface area (Å²) in [5, 5.41) is 0. The first-order chi connectivity index (χ1) is 7.05. The Labute approximate surface area is 97.6 Å². The molecule has 0 radical (unpaired) electrons. The highest BCUT2D eigenvalue weighted by molar-refractivity contribution is 6.78. The van der Waals surface area contributed by atoms with Crippen molar-refractivity contribution < 1.29 is 0 Å². The molecule has 2 heteroatoms. The van der Waals surface area contributed by atoms with Gasteiger partial charge in [0.25, 0.3) is 0 Å². The number of allylic oxidation sites excluding steroid dienone is 2. The van der Waals surface area contributed by atoms with Crippen molar-refractivity contribution in [3.8, 4) is 0 Å². The molecule has 0 N–H and O–H groups in total. The summed E-state index contributed by atoms with van der Waals surface area (Å²) in [6.45, 7) is 14.3. The van der Waals surface area contributed by atoms with E-state index < -0.39 is 8.07 Å². The molecule has 0 amide bonds. The van der Waals surface area contributed by atoms with Gasteiger partial charge in [0.2, 0.25) is 0 Å². The molecule has 0 aliphatic heterocycles. The Balaban J connectivity index is 4.10. The van der Waals surface area contributed by atoms with Gasteiger partial charge in [-0.25, -0.2) is 0 Å². The van der Waals surface area contributed by atoms with E-state index in [-0.39, 0.29) is 0 Å². The normalized spacial score (nSPS) is 12.9. The highest BCUT2D eigenvalue weighted by atomic mass is 28.3. The summed E-state index contributed by atoms with van der Waals surface area (Å²) in [7, 11) is -1.02. The predicted octanol–water partition coefficient (Wildman–Crippen LogP) is 3.93. The highest BCUT2D eigenvalue weighted by Gasteiger charge is 2.21. The third-order valence-electron chi connectivity index (χ3n) is 2.64. The molecule has 0 rings (SSSR count). The number of hydrogen-bond donors (Lipinski definition) is 0. The van der Waals surface area contributed by atoms with Crippen LogP contribution in [-0.2, 0) is 0 Å². The maximum atomic E-state index is 2.66. The van der Waals surface area contributed by atoms with Crippen LogP contribution in [0.15, 0.2) is 12.2 Å². The summed E-state index contributed by atoms with van der Waals surface area (Å²) < 4.78 is 0. The van der Waals surface area contributed by atoms with Gasteiger partial charge in [-0.15, -0.1) is 0 Å². The van der Waals surface area contributed by atoms with Crippen LogP contribution in [0.1, 0.15) is 33.6 Å². The van der Waals surface area contributed by atoms with Gasteiger partial charge in [-0.1, -0.05) is 39.1 Å². The van der Waals surface area contributed by atoms with Crippen LogP contribution < -0.4 is 0 Å². The van der Waals surface area contributed by atoms with Crippen LogP contribution in [0.4, 0.5) is 0 Å². The lowest BCUT2D eigenvalue weighted by molar-refractivity contribution is 0.313. The van der Waals surface area contributed by atoms with Crippen LogP contribution in [0.3, 0.4) is 0 Å². The fourth-order valence-corrected chi connectivity index (χ4v) is 4.54. The molecule has 0 aromatic heterocycles. The summed E-state index contributed by atoms with van der Waals surface area (Å²) >= 11 is 0. The Kier molecular flexibility index (Phi) is 8.07. The smallest absolute Gasteiger partial charge is 0.0666 e. The van der Waals surface area contributed by atoms with Crippen LogP contribution >= 0.6 is 0 Å².